The van der Waals surface area contributed by atoms with Crippen molar-refractivity contribution in [1.29, 1.82) is 0 Å². The van der Waals surface area contributed by atoms with Crippen molar-refractivity contribution in [2.45, 2.75) is 31.1 Å². The molecule has 3 aliphatic rings. The van der Waals surface area contributed by atoms with Crippen LogP contribution in [0.25, 0.3) is 0 Å². The smallest absolute Gasteiger partial charge is 0.505 e. The molecule has 0 spiro atoms. The lowest BCUT2D eigenvalue weighted by Gasteiger charge is -2.53. The number of likely N-dealkylation sites (N-methyl/N-ethyl adjacent to an activating group) is 1. The average molecular weight is 565 g/mol. The average Bonchev–Trinajstić information content (AvgIpc) is 2.90. The fraction of sp³-hybridized carbons (Fsp3) is 0.520. The molecule has 7 unspecified atom stereocenters. The predicted octanol–water partition coefficient (Wildman–Crippen LogP) is -1.81. The third kappa shape index (κ3) is 4.20. The lowest BCUT2D eigenvalue weighted by Crippen LogP contribution is -2.77. The van der Waals surface area contributed by atoms with Crippen molar-refractivity contribution in [1.82, 2.24) is 5.32 Å². The number of phenolic OH excluding ortho intramolecular Hbond substituents is 1. The van der Waals surface area contributed by atoms with Crippen LogP contribution in [0, 0.1) is 29.5 Å². The Labute approximate surface area is 226 Å². The molecule has 2 saturated carbocycles. The first-order valence-electron chi connectivity index (χ1n) is 12.5. The van der Waals surface area contributed by atoms with Gasteiger partial charge in [0.15, 0.2) is 34.7 Å². The summed E-state index contributed by atoms with van der Waals surface area (Å²) in [6.45, 7) is 3.20. The molecule has 15 heteroatoms. The fourth-order valence-corrected chi connectivity index (χ4v) is 6.03. The molecule has 3 aliphatic carbocycles. The van der Waals surface area contributed by atoms with E-state index in [1.165, 1.54) is 0 Å². The summed E-state index contributed by atoms with van der Waals surface area (Å²) in [6, 6.07) is -0.959. The van der Waals surface area contributed by atoms with E-state index >= 15 is 4.39 Å². The van der Waals surface area contributed by atoms with Gasteiger partial charge in [-0.25, -0.2) is 9.18 Å². The van der Waals surface area contributed by atoms with Gasteiger partial charge in [-0.3, -0.25) is 24.0 Å². The molecule has 0 bridgehead atoms. The summed E-state index contributed by atoms with van der Waals surface area (Å²) < 4.78 is 25.1. The summed E-state index contributed by atoms with van der Waals surface area (Å²) in [6.07, 6.45) is -3.66. The van der Waals surface area contributed by atoms with Crippen molar-refractivity contribution in [3.8, 4) is 5.75 Å². The van der Waals surface area contributed by atoms with Crippen LogP contribution in [0.2, 0.25) is 0 Å². The Morgan fingerprint density at radius 3 is 2.48 bits per heavy atom. The van der Waals surface area contributed by atoms with E-state index in [9.17, 15) is 39.0 Å². The Hall–Kier alpha value is -3.95. The summed E-state index contributed by atoms with van der Waals surface area (Å²) in [7, 11) is 0.934. The van der Waals surface area contributed by atoms with Crippen LogP contribution >= 0.6 is 0 Å². The number of fused-ring (bicyclic) bond motifs is 3. The highest BCUT2D eigenvalue weighted by Gasteiger charge is 2.72. The molecule has 1 amide bonds. The Kier molecular flexibility index (Phi) is 7.66. The van der Waals surface area contributed by atoms with Gasteiger partial charge in [0.2, 0.25) is 5.91 Å². The van der Waals surface area contributed by atoms with Gasteiger partial charge in [0, 0.05) is 30.6 Å². The summed E-state index contributed by atoms with van der Waals surface area (Å²) in [5, 5.41) is 28.3. The topological polar surface area (TPSA) is 237 Å². The third-order valence-electron chi connectivity index (χ3n) is 7.85. The second-order valence-corrected chi connectivity index (χ2v) is 9.92. The number of carbonyl (C=O) groups is 6. The highest BCUT2D eigenvalue weighted by atomic mass is 19.1. The number of nitrogens with one attached hydrogen (secondary N) is 2. The summed E-state index contributed by atoms with van der Waals surface area (Å²) >= 11 is 0. The molecular weight excluding hydrogens is 535 g/mol. The monoisotopic (exact) mass is 564 g/mol. The number of ketones is 4. The number of amides is 1. The van der Waals surface area contributed by atoms with Gasteiger partial charge >= 0.3 is 6.16 Å². The molecule has 7 atom stereocenters. The predicted molar refractivity (Wildman–Crippen MR) is 132 cm³/mol. The lowest BCUT2D eigenvalue weighted by atomic mass is 9.51. The number of aromatic hydroxyl groups is 1. The third-order valence-corrected chi connectivity index (χ3v) is 7.85. The number of rotatable bonds is 7. The van der Waals surface area contributed by atoms with Gasteiger partial charge in [-0.15, -0.1) is 0 Å². The first-order chi connectivity index (χ1) is 18.8. The van der Waals surface area contributed by atoms with E-state index in [2.05, 4.69) is 15.4 Å². The number of carbonyl (C=O) groups excluding carboxylic acids is 6. The maximum Gasteiger partial charge on any atom is 0.508 e. The van der Waals surface area contributed by atoms with E-state index in [0.29, 0.717) is 13.1 Å². The molecule has 0 aromatic heterocycles. The highest BCUT2D eigenvalue weighted by molar-refractivity contribution is 6.32. The minimum Gasteiger partial charge on any atom is -0.505 e. The van der Waals surface area contributed by atoms with Gasteiger partial charge in [0.25, 0.3) is 0 Å². The zero-order chi connectivity index (χ0) is 29.7. The van der Waals surface area contributed by atoms with Crippen LogP contribution < -0.4 is 22.1 Å². The van der Waals surface area contributed by atoms with Crippen LogP contribution in [0.3, 0.4) is 0 Å². The summed E-state index contributed by atoms with van der Waals surface area (Å²) in [5.74, 6) is -16.2. The van der Waals surface area contributed by atoms with Crippen molar-refractivity contribution >= 4 is 40.9 Å². The van der Waals surface area contributed by atoms with Gasteiger partial charge in [0.1, 0.15) is 17.7 Å². The van der Waals surface area contributed by atoms with Crippen molar-refractivity contribution in [3.05, 3.63) is 23.0 Å². The SMILES string of the molecule is CCNCCNc1cc(F)c2c(c1O)C(=O)C1C(=O)C3(O)C(=O)C(C(N)=O)C(=O)C(N)C3C(OC(=O)OC)C1C2. The van der Waals surface area contributed by atoms with E-state index in [-0.39, 0.29) is 17.8 Å². The fourth-order valence-electron chi connectivity index (χ4n) is 6.03. The van der Waals surface area contributed by atoms with E-state index in [1.54, 1.807) is 0 Å². The number of aliphatic hydroxyl groups is 1. The van der Waals surface area contributed by atoms with E-state index in [0.717, 1.165) is 13.2 Å². The number of halogens is 1. The molecule has 4 rings (SSSR count). The zero-order valence-electron chi connectivity index (χ0n) is 21.6. The maximum absolute atomic E-state index is 15.4. The molecule has 1 aromatic carbocycles. The lowest BCUT2D eigenvalue weighted by molar-refractivity contribution is -0.191. The van der Waals surface area contributed by atoms with E-state index < -0.39 is 100 Å². The number of benzene rings is 1. The number of ether oxygens (including phenoxy) is 2. The molecule has 0 aliphatic heterocycles. The quantitative estimate of drug-likeness (QED) is 0.0927. The molecule has 14 nitrogen and oxygen atoms in total. The largest absolute Gasteiger partial charge is 0.508 e. The Morgan fingerprint density at radius 2 is 1.88 bits per heavy atom. The minimum atomic E-state index is -3.25. The molecular formula is C25H29FN4O10. The maximum atomic E-state index is 15.4. The van der Waals surface area contributed by atoms with Crippen LogP contribution in [0.4, 0.5) is 14.9 Å². The minimum absolute atomic E-state index is 0.140. The summed E-state index contributed by atoms with van der Waals surface area (Å²) in [5.41, 5.74) is 6.93. The van der Waals surface area contributed by atoms with Crippen LogP contribution in [0.5, 0.6) is 5.75 Å². The number of hydrogen-bond acceptors (Lipinski definition) is 13. The van der Waals surface area contributed by atoms with Gasteiger partial charge in [-0.2, -0.15) is 0 Å². The number of nitrogens with two attached hydrogens (primary N) is 2. The first kappa shape index (κ1) is 29.0. The number of primary amides is 1. The van der Waals surface area contributed by atoms with Gasteiger partial charge in [-0.1, -0.05) is 6.92 Å². The van der Waals surface area contributed by atoms with Crippen molar-refractivity contribution in [3.63, 3.8) is 0 Å². The number of methoxy groups -OCH3 is 1. The molecule has 216 valence electrons. The van der Waals surface area contributed by atoms with Crippen LogP contribution in [-0.2, 0) is 35.1 Å². The summed E-state index contributed by atoms with van der Waals surface area (Å²) in [4.78, 5) is 77.9. The van der Waals surface area contributed by atoms with Crippen LogP contribution in [0.15, 0.2) is 6.07 Å². The Balaban J connectivity index is 1.87. The first-order valence-corrected chi connectivity index (χ1v) is 12.5. The number of phenols is 1. The molecule has 40 heavy (non-hydrogen) atoms. The van der Waals surface area contributed by atoms with Crippen molar-refractivity contribution in [2.24, 2.45) is 35.1 Å². The Bertz CT molecular complexity index is 1320. The van der Waals surface area contributed by atoms with Crippen LogP contribution in [0.1, 0.15) is 22.8 Å². The standard InChI is InChI=1S/C25H29FN4O10/c1-3-29-4-5-30-11-7-10(26)8-6-9-13(18(32)12(8)17(11)31)21(34)25(38)15(20(9)40-24(37)39-2)16(27)19(33)14(22(25)35)23(28)36/h7,9,13-16,20,29-31,38H,3-6,27H2,1-2H3,(H2,28,36). The van der Waals surface area contributed by atoms with Gasteiger partial charge in [-0.05, 0) is 13.0 Å². The van der Waals surface area contributed by atoms with Crippen molar-refractivity contribution in [2.75, 3.05) is 32.1 Å². The second-order valence-electron chi connectivity index (χ2n) is 9.92. The van der Waals surface area contributed by atoms with Crippen molar-refractivity contribution < 1.29 is 52.8 Å². The number of hydrogen-bond donors (Lipinski definition) is 6. The molecule has 8 N–H and O–H groups in total. The van der Waals surface area contributed by atoms with Crippen LogP contribution in [-0.4, -0.2) is 89.9 Å². The molecule has 0 saturated heterocycles. The molecule has 0 heterocycles. The molecule has 2 fully saturated rings. The number of Topliss-reactive ketones (excluding diaryl/α,β-unsaturated/α-hetero) is 4. The second kappa shape index (κ2) is 10.6. The zero-order valence-corrected chi connectivity index (χ0v) is 21.6. The normalized spacial score (nSPS) is 31.1. The van der Waals surface area contributed by atoms with Gasteiger partial charge in [0.05, 0.1) is 36.2 Å². The Morgan fingerprint density at radius 1 is 1.20 bits per heavy atom. The molecule has 1 aromatic rings. The highest BCUT2D eigenvalue weighted by Crippen LogP contribution is 2.52. The molecule has 0 radical (unpaired) electrons. The van der Waals surface area contributed by atoms with Gasteiger partial charge < -0.3 is 41.8 Å². The van der Waals surface area contributed by atoms with E-state index in [4.69, 9.17) is 16.2 Å². The van der Waals surface area contributed by atoms with E-state index in [1.807, 2.05) is 6.92 Å². The number of anilines is 1.